The van der Waals surface area contributed by atoms with E-state index in [1.807, 2.05) is 0 Å². The lowest BCUT2D eigenvalue weighted by Gasteiger charge is -2.07. The summed E-state index contributed by atoms with van der Waals surface area (Å²) >= 11 is 0. The largest absolute Gasteiger partial charge is 0.305 e. The van der Waals surface area contributed by atoms with Crippen molar-refractivity contribution in [3.05, 3.63) is 29.3 Å². The van der Waals surface area contributed by atoms with Gasteiger partial charge in [-0.25, -0.2) is 17.2 Å². The van der Waals surface area contributed by atoms with Crippen LogP contribution in [-0.4, -0.2) is 21.8 Å². The summed E-state index contributed by atoms with van der Waals surface area (Å²) in [7, 11) is -2.43. The minimum atomic E-state index is -3.76. The van der Waals surface area contributed by atoms with Crippen molar-refractivity contribution in [1.82, 2.24) is 5.48 Å². The molecular formula is C9H11F2NO3S. The van der Waals surface area contributed by atoms with Gasteiger partial charge < -0.3 is 4.84 Å². The Hall–Kier alpha value is -1.05. The van der Waals surface area contributed by atoms with Crippen LogP contribution in [0.5, 0.6) is 0 Å². The molecule has 0 atom stereocenters. The lowest BCUT2D eigenvalue weighted by molar-refractivity contribution is 0.0858. The Kier molecular flexibility index (Phi) is 3.95. The van der Waals surface area contributed by atoms with E-state index in [0.29, 0.717) is 6.07 Å². The van der Waals surface area contributed by atoms with Gasteiger partial charge in [-0.05, 0) is 12.1 Å². The Bertz CT molecular complexity index is 488. The van der Waals surface area contributed by atoms with E-state index in [0.717, 1.165) is 12.3 Å². The van der Waals surface area contributed by atoms with Crippen LogP contribution in [0.15, 0.2) is 17.0 Å². The summed E-state index contributed by atoms with van der Waals surface area (Å²) in [6, 6.07) is 1.50. The molecular weight excluding hydrogens is 240 g/mol. The molecule has 0 aliphatic carbocycles. The molecule has 1 N–H and O–H groups in total. The van der Waals surface area contributed by atoms with Gasteiger partial charge in [0.25, 0.3) is 0 Å². The van der Waals surface area contributed by atoms with E-state index in [2.05, 4.69) is 10.3 Å². The second-order valence-electron chi connectivity index (χ2n) is 3.17. The van der Waals surface area contributed by atoms with Crippen molar-refractivity contribution < 1.29 is 22.0 Å². The highest BCUT2D eigenvalue weighted by atomic mass is 32.2. The van der Waals surface area contributed by atoms with E-state index < -0.39 is 26.4 Å². The van der Waals surface area contributed by atoms with Crippen molar-refractivity contribution in [3.8, 4) is 0 Å². The van der Waals surface area contributed by atoms with Crippen molar-refractivity contribution in [2.75, 3.05) is 13.4 Å². The molecule has 0 saturated carbocycles. The number of halogens is 2. The van der Waals surface area contributed by atoms with Gasteiger partial charge in [-0.2, -0.15) is 5.48 Å². The van der Waals surface area contributed by atoms with Gasteiger partial charge in [0.1, 0.15) is 16.5 Å². The molecule has 16 heavy (non-hydrogen) atoms. The highest BCUT2D eigenvalue weighted by Crippen LogP contribution is 2.19. The third kappa shape index (κ3) is 2.97. The number of nitrogens with one attached hydrogen (secondary N) is 1. The minimum Gasteiger partial charge on any atom is -0.305 e. The fourth-order valence-corrected chi connectivity index (χ4v) is 1.87. The van der Waals surface area contributed by atoms with Gasteiger partial charge >= 0.3 is 0 Å². The molecule has 0 aromatic heterocycles. The number of hydrogen-bond acceptors (Lipinski definition) is 4. The van der Waals surface area contributed by atoms with E-state index in [4.69, 9.17) is 0 Å². The highest BCUT2D eigenvalue weighted by Gasteiger charge is 2.17. The summed E-state index contributed by atoms with van der Waals surface area (Å²) in [4.78, 5) is 3.83. The van der Waals surface area contributed by atoms with E-state index in [-0.39, 0.29) is 12.1 Å². The fraction of sp³-hybridized carbons (Fsp3) is 0.333. The molecule has 0 aliphatic heterocycles. The molecule has 0 unspecified atom stereocenters. The summed E-state index contributed by atoms with van der Waals surface area (Å²) in [6.07, 6.45) is 0.817. The molecule has 4 nitrogen and oxygen atoms in total. The van der Waals surface area contributed by atoms with Crippen molar-refractivity contribution >= 4 is 9.84 Å². The fourth-order valence-electron chi connectivity index (χ4n) is 1.14. The molecule has 1 rings (SSSR count). The van der Waals surface area contributed by atoms with Gasteiger partial charge in [0.05, 0.1) is 7.11 Å². The number of hydrogen-bond donors (Lipinski definition) is 1. The van der Waals surface area contributed by atoms with Crippen molar-refractivity contribution in [3.63, 3.8) is 0 Å². The third-order valence-corrected chi connectivity index (χ3v) is 3.02. The molecule has 0 amide bonds. The Morgan fingerprint density at radius 1 is 1.31 bits per heavy atom. The van der Waals surface area contributed by atoms with Crippen molar-refractivity contribution in [2.45, 2.75) is 11.4 Å². The lowest BCUT2D eigenvalue weighted by atomic mass is 10.2. The van der Waals surface area contributed by atoms with Gasteiger partial charge in [0, 0.05) is 18.4 Å². The van der Waals surface area contributed by atoms with E-state index >= 15 is 0 Å². The van der Waals surface area contributed by atoms with Crippen LogP contribution in [0.1, 0.15) is 5.56 Å². The molecule has 0 fully saturated rings. The zero-order valence-corrected chi connectivity index (χ0v) is 9.57. The smallest absolute Gasteiger partial charge is 0.178 e. The SMILES string of the molecule is CONCc1cc(F)c(S(C)(=O)=O)cc1F. The van der Waals surface area contributed by atoms with Crippen LogP contribution in [0.2, 0.25) is 0 Å². The van der Waals surface area contributed by atoms with Gasteiger partial charge in [0.2, 0.25) is 0 Å². The van der Waals surface area contributed by atoms with Crippen LogP contribution in [0.25, 0.3) is 0 Å². The summed E-state index contributed by atoms with van der Waals surface area (Å²) in [5.41, 5.74) is 2.33. The summed E-state index contributed by atoms with van der Waals surface area (Å²) in [5.74, 6) is -1.77. The van der Waals surface area contributed by atoms with Gasteiger partial charge in [-0.3, -0.25) is 0 Å². The van der Waals surface area contributed by atoms with Crippen LogP contribution in [0.4, 0.5) is 8.78 Å². The number of benzene rings is 1. The average Bonchev–Trinajstić information content (AvgIpc) is 2.17. The molecule has 0 radical (unpaired) electrons. The first-order valence-electron chi connectivity index (χ1n) is 4.30. The molecule has 0 bridgehead atoms. The quantitative estimate of drug-likeness (QED) is 0.812. The average molecular weight is 251 g/mol. The topological polar surface area (TPSA) is 55.4 Å². The maximum absolute atomic E-state index is 13.4. The monoisotopic (exact) mass is 251 g/mol. The van der Waals surface area contributed by atoms with Gasteiger partial charge in [-0.1, -0.05) is 0 Å². The Morgan fingerprint density at radius 3 is 2.44 bits per heavy atom. The molecule has 0 spiro atoms. The van der Waals surface area contributed by atoms with Crippen LogP contribution in [-0.2, 0) is 21.2 Å². The predicted molar refractivity (Wildman–Crippen MR) is 53.3 cm³/mol. The first kappa shape index (κ1) is 13.0. The Morgan fingerprint density at radius 2 is 1.94 bits per heavy atom. The molecule has 7 heteroatoms. The molecule has 1 aromatic rings. The van der Waals surface area contributed by atoms with Gasteiger partial charge in [-0.15, -0.1) is 0 Å². The standard InChI is InChI=1S/C9H11F2NO3S/c1-15-12-5-6-3-8(11)9(4-7(6)10)16(2,13)14/h3-4,12H,5H2,1-2H3. The van der Waals surface area contributed by atoms with E-state index in [1.54, 1.807) is 0 Å². The first-order valence-corrected chi connectivity index (χ1v) is 6.19. The van der Waals surface area contributed by atoms with Crippen LogP contribution in [0, 0.1) is 11.6 Å². The van der Waals surface area contributed by atoms with Gasteiger partial charge in [0.15, 0.2) is 9.84 Å². The lowest BCUT2D eigenvalue weighted by Crippen LogP contribution is -2.13. The van der Waals surface area contributed by atoms with Crippen molar-refractivity contribution in [1.29, 1.82) is 0 Å². The molecule has 1 aromatic carbocycles. The van der Waals surface area contributed by atoms with E-state index in [1.165, 1.54) is 7.11 Å². The summed E-state index contributed by atoms with van der Waals surface area (Å²) < 4.78 is 48.9. The summed E-state index contributed by atoms with van der Waals surface area (Å²) in [6.45, 7) is -0.0523. The molecule has 0 heterocycles. The number of hydroxylamine groups is 1. The summed E-state index contributed by atoms with van der Waals surface area (Å²) in [5, 5.41) is 0. The maximum atomic E-state index is 13.4. The zero-order valence-electron chi connectivity index (χ0n) is 8.75. The zero-order chi connectivity index (χ0) is 12.3. The normalized spacial score (nSPS) is 11.8. The predicted octanol–water partition coefficient (Wildman–Crippen LogP) is 1.02. The third-order valence-electron chi connectivity index (χ3n) is 1.91. The Labute approximate surface area is 92.1 Å². The Balaban J connectivity index is 3.17. The molecule has 0 saturated heterocycles. The van der Waals surface area contributed by atoms with Crippen LogP contribution in [0.3, 0.4) is 0 Å². The molecule has 90 valence electrons. The van der Waals surface area contributed by atoms with Crippen LogP contribution < -0.4 is 5.48 Å². The maximum Gasteiger partial charge on any atom is 0.178 e. The van der Waals surface area contributed by atoms with Crippen molar-refractivity contribution in [2.24, 2.45) is 0 Å². The number of sulfone groups is 1. The van der Waals surface area contributed by atoms with E-state index in [9.17, 15) is 17.2 Å². The second-order valence-corrected chi connectivity index (χ2v) is 5.16. The minimum absolute atomic E-state index is 0.00764. The van der Waals surface area contributed by atoms with Crippen LogP contribution >= 0.6 is 0 Å². The number of rotatable bonds is 4. The first-order chi connectivity index (χ1) is 7.36. The highest BCUT2D eigenvalue weighted by molar-refractivity contribution is 7.90. The molecule has 0 aliphatic rings. The second kappa shape index (κ2) is 4.86.